The predicted molar refractivity (Wildman–Crippen MR) is 95.9 cm³/mol. The van der Waals surface area contributed by atoms with Crippen LogP contribution >= 0.6 is 0 Å². The predicted octanol–water partition coefficient (Wildman–Crippen LogP) is 2.77. The molecule has 1 aliphatic carbocycles. The maximum atomic E-state index is 11.9. The summed E-state index contributed by atoms with van der Waals surface area (Å²) in [4.78, 5) is 14.4. The molecule has 1 saturated carbocycles. The number of amides is 1. The molecule has 1 aromatic rings. The topological polar surface area (TPSA) is 41.6 Å². The van der Waals surface area contributed by atoms with E-state index in [0.29, 0.717) is 12.6 Å². The first kappa shape index (κ1) is 17.4. The Balaban J connectivity index is 1.50. The number of rotatable bonds is 4. The van der Waals surface area contributed by atoms with Crippen LogP contribution in [0.15, 0.2) is 30.3 Å². The van der Waals surface area contributed by atoms with Crippen molar-refractivity contribution >= 4 is 5.91 Å². The summed E-state index contributed by atoms with van der Waals surface area (Å²) in [6.07, 6.45) is 5.42. The number of morpholine rings is 1. The van der Waals surface area contributed by atoms with Crippen LogP contribution < -0.4 is 5.32 Å². The minimum absolute atomic E-state index is 0.00947. The van der Waals surface area contributed by atoms with E-state index in [9.17, 15) is 4.79 Å². The van der Waals surface area contributed by atoms with Gasteiger partial charge in [-0.2, -0.15) is 0 Å². The molecular weight excluding hydrogens is 300 g/mol. The fourth-order valence-corrected chi connectivity index (χ4v) is 4.06. The lowest BCUT2D eigenvalue weighted by Gasteiger charge is -2.49. The fraction of sp³-hybridized carbons (Fsp3) is 0.650. The van der Waals surface area contributed by atoms with Crippen molar-refractivity contribution < 1.29 is 9.53 Å². The lowest BCUT2D eigenvalue weighted by molar-refractivity contribution is -0.193. The maximum Gasteiger partial charge on any atom is 0.251 e. The SMILES string of the molecule is CN(CCc1ccccc1)C1CCC2(CC1)CNC(=O)C(C)(C)O2. The molecule has 2 fully saturated rings. The van der Waals surface area contributed by atoms with Gasteiger partial charge in [0.2, 0.25) is 0 Å². The van der Waals surface area contributed by atoms with Crippen molar-refractivity contribution in [3.05, 3.63) is 35.9 Å². The molecule has 4 heteroatoms. The molecule has 24 heavy (non-hydrogen) atoms. The summed E-state index contributed by atoms with van der Waals surface area (Å²) < 4.78 is 6.24. The number of nitrogens with one attached hydrogen (secondary N) is 1. The van der Waals surface area contributed by atoms with Crippen molar-refractivity contribution in [2.45, 2.75) is 63.2 Å². The van der Waals surface area contributed by atoms with Crippen LogP contribution in [0.2, 0.25) is 0 Å². The molecule has 2 aliphatic rings. The van der Waals surface area contributed by atoms with Gasteiger partial charge in [0.1, 0.15) is 5.60 Å². The van der Waals surface area contributed by atoms with E-state index in [-0.39, 0.29) is 11.5 Å². The number of carbonyl (C=O) groups excluding carboxylic acids is 1. The van der Waals surface area contributed by atoms with E-state index in [0.717, 1.165) is 38.6 Å². The van der Waals surface area contributed by atoms with Crippen LogP contribution in [0, 0.1) is 0 Å². The lowest BCUT2D eigenvalue weighted by atomic mass is 9.79. The van der Waals surface area contributed by atoms with E-state index >= 15 is 0 Å². The van der Waals surface area contributed by atoms with Gasteiger partial charge < -0.3 is 15.0 Å². The van der Waals surface area contributed by atoms with E-state index in [1.807, 2.05) is 13.8 Å². The Morgan fingerprint density at radius 1 is 1.21 bits per heavy atom. The molecule has 0 bridgehead atoms. The molecule has 1 saturated heterocycles. The first-order valence-electron chi connectivity index (χ1n) is 9.13. The highest BCUT2D eigenvalue weighted by molar-refractivity contribution is 5.85. The monoisotopic (exact) mass is 330 g/mol. The van der Waals surface area contributed by atoms with Gasteiger partial charge in [0.15, 0.2) is 0 Å². The van der Waals surface area contributed by atoms with Crippen LogP contribution in [0.4, 0.5) is 0 Å². The highest BCUT2D eigenvalue weighted by atomic mass is 16.5. The van der Waals surface area contributed by atoms with Gasteiger partial charge in [-0.3, -0.25) is 4.79 Å². The molecule has 0 atom stereocenters. The first-order valence-corrected chi connectivity index (χ1v) is 9.13. The Kier molecular flexibility index (Phi) is 4.97. The average Bonchev–Trinajstić information content (AvgIpc) is 2.58. The Labute approximate surface area is 145 Å². The van der Waals surface area contributed by atoms with Gasteiger partial charge in [-0.25, -0.2) is 0 Å². The second-order valence-electron chi connectivity index (χ2n) is 7.93. The van der Waals surface area contributed by atoms with Crippen LogP contribution in [-0.4, -0.2) is 48.2 Å². The van der Waals surface area contributed by atoms with E-state index in [4.69, 9.17) is 4.74 Å². The largest absolute Gasteiger partial charge is 0.357 e. The molecular formula is C20H30N2O2. The van der Waals surface area contributed by atoms with Crippen LogP contribution in [0.1, 0.15) is 45.1 Å². The maximum absolute atomic E-state index is 11.9. The normalized spacial score (nSPS) is 29.7. The van der Waals surface area contributed by atoms with Crippen LogP contribution in [0.25, 0.3) is 0 Å². The number of hydrogen-bond acceptors (Lipinski definition) is 3. The number of likely N-dealkylation sites (N-methyl/N-ethyl adjacent to an activating group) is 1. The summed E-state index contributed by atoms with van der Waals surface area (Å²) in [6.45, 7) is 5.50. The summed E-state index contributed by atoms with van der Waals surface area (Å²) in [5.74, 6) is 0.00947. The molecule has 1 aliphatic heterocycles. The summed E-state index contributed by atoms with van der Waals surface area (Å²) in [7, 11) is 2.24. The molecule has 4 nitrogen and oxygen atoms in total. The van der Waals surface area contributed by atoms with Crippen LogP contribution in [-0.2, 0) is 16.0 Å². The molecule has 0 unspecified atom stereocenters. The fourth-order valence-electron chi connectivity index (χ4n) is 4.06. The first-order chi connectivity index (χ1) is 11.4. The van der Waals surface area contributed by atoms with Gasteiger partial charge in [-0.1, -0.05) is 30.3 Å². The second kappa shape index (κ2) is 6.85. The zero-order valence-electron chi connectivity index (χ0n) is 15.2. The Bertz CT molecular complexity index is 562. The Hall–Kier alpha value is -1.39. The van der Waals surface area contributed by atoms with Crippen molar-refractivity contribution in [3.8, 4) is 0 Å². The average molecular weight is 330 g/mol. The summed E-state index contributed by atoms with van der Waals surface area (Å²) >= 11 is 0. The van der Waals surface area contributed by atoms with Gasteiger partial charge >= 0.3 is 0 Å². The third-order valence-electron chi connectivity index (χ3n) is 5.68. The van der Waals surface area contributed by atoms with E-state index < -0.39 is 5.60 Å². The summed E-state index contributed by atoms with van der Waals surface area (Å²) in [5.41, 5.74) is 0.537. The number of nitrogens with zero attached hydrogens (tertiary/aromatic N) is 1. The summed E-state index contributed by atoms with van der Waals surface area (Å²) in [5, 5.41) is 3.05. The smallest absolute Gasteiger partial charge is 0.251 e. The van der Waals surface area contributed by atoms with Gasteiger partial charge in [0.25, 0.3) is 5.91 Å². The van der Waals surface area contributed by atoms with Crippen molar-refractivity contribution in [1.29, 1.82) is 0 Å². The van der Waals surface area contributed by atoms with E-state index in [1.165, 1.54) is 5.56 Å². The molecule has 0 radical (unpaired) electrons. The molecule has 1 N–H and O–H groups in total. The number of carbonyl (C=O) groups is 1. The van der Waals surface area contributed by atoms with Gasteiger partial charge in [0, 0.05) is 19.1 Å². The number of hydrogen-bond donors (Lipinski definition) is 1. The second-order valence-corrected chi connectivity index (χ2v) is 7.93. The zero-order valence-corrected chi connectivity index (χ0v) is 15.2. The molecule has 0 aromatic heterocycles. The lowest BCUT2D eigenvalue weighted by Crippen LogP contribution is -2.63. The molecule has 1 spiro atoms. The molecule has 1 heterocycles. The van der Waals surface area contributed by atoms with E-state index in [2.05, 4.69) is 47.6 Å². The third-order valence-corrected chi connectivity index (χ3v) is 5.68. The van der Waals surface area contributed by atoms with Crippen molar-refractivity contribution in [3.63, 3.8) is 0 Å². The molecule has 3 rings (SSSR count). The van der Waals surface area contributed by atoms with E-state index in [1.54, 1.807) is 0 Å². The quantitative estimate of drug-likeness (QED) is 0.923. The van der Waals surface area contributed by atoms with Gasteiger partial charge in [0.05, 0.1) is 5.60 Å². The van der Waals surface area contributed by atoms with Crippen LogP contribution in [0.3, 0.4) is 0 Å². The van der Waals surface area contributed by atoms with Crippen molar-refractivity contribution in [2.24, 2.45) is 0 Å². The Morgan fingerprint density at radius 3 is 2.50 bits per heavy atom. The number of benzene rings is 1. The molecule has 1 aromatic carbocycles. The minimum Gasteiger partial charge on any atom is -0.357 e. The Morgan fingerprint density at radius 2 is 1.88 bits per heavy atom. The van der Waals surface area contributed by atoms with Gasteiger partial charge in [-0.15, -0.1) is 0 Å². The van der Waals surface area contributed by atoms with Crippen LogP contribution in [0.5, 0.6) is 0 Å². The van der Waals surface area contributed by atoms with Crippen molar-refractivity contribution in [2.75, 3.05) is 20.1 Å². The highest BCUT2D eigenvalue weighted by Crippen LogP contribution is 2.38. The summed E-state index contributed by atoms with van der Waals surface area (Å²) in [6, 6.07) is 11.3. The zero-order chi connectivity index (χ0) is 17.2. The molecule has 132 valence electrons. The van der Waals surface area contributed by atoms with Crippen molar-refractivity contribution in [1.82, 2.24) is 10.2 Å². The molecule has 1 amide bonds. The number of ether oxygens (including phenoxy) is 1. The van der Waals surface area contributed by atoms with Gasteiger partial charge in [-0.05, 0) is 58.6 Å². The standard InChI is InChI=1S/C20H30N2O2/c1-19(2)18(23)21-15-20(24-19)12-9-17(10-13-20)22(3)14-11-16-7-5-4-6-8-16/h4-8,17H,9-15H2,1-3H3,(H,21,23). The minimum atomic E-state index is -0.704. The third kappa shape index (κ3) is 3.81. The highest BCUT2D eigenvalue weighted by Gasteiger charge is 2.47.